The van der Waals surface area contributed by atoms with Gasteiger partial charge in [0.1, 0.15) is 7.05 Å². The highest BCUT2D eigenvalue weighted by molar-refractivity contribution is 7.23. The predicted molar refractivity (Wildman–Crippen MR) is 171 cm³/mol. The Morgan fingerprint density at radius 1 is 0.550 bits per heavy atom. The molecule has 7 aromatic rings. The topological polar surface area (TPSA) is 3.88 Å². The Kier molecular flexibility index (Phi) is 5.11. The molecule has 1 aliphatic carbocycles. The van der Waals surface area contributed by atoms with Crippen LogP contribution in [-0.2, 0) is 7.05 Å². The lowest BCUT2D eigenvalue weighted by atomic mass is 9.81. The lowest BCUT2D eigenvalue weighted by Crippen LogP contribution is -2.30. The van der Waals surface area contributed by atoms with Crippen LogP contribution in [-0.4, -0.2) is 0 Å². The molecule has 5 aromatic carbocycles. The zero-order valence-corrected chi connectivity index (χ0v) is 23.6. The number of hydrogen-bond acceptors (Lipinski definition) is 1. The second-order valence-electron chi connectivity index (χ2n) is 10.9. The summed E-state index contributed by atoms with van der Waals surface area (Å²) < 4.78 is 3.64. The van der Waals surface area contributed by atoms with E-state index in [1.54, 1.807) is 0 Å². The van der Waals surface area contributed by atoms with Crippen molar-refractivity contribution in [1.82, 2.24) is 0 Å². The predicted octanol–water partition coefficient (Wildman–Crippen LogP) is 10.1. The van der Waals surface area contributed by atoms with Crippen molar-refractivity contribution in [3.8, 4) is 55.1 Å². The Hall–Kier alpha value is -4.53. The smallest absolute Gasteiger partial charge is 0.200 e. The highest BCUT2D eigenvalue weighted by Crippen LogP contribution is 2.55. The number of aryl methyl sites for hydroxylation is 3. The molecular weight excluding hydrogens is 502 g/mol. The summed E-state index contributed by atoms with van der Waals surface area (Å²) >= 11 is 1.92. The summed E-state index contributed by atoms with van der Waals surface area (Å²) in [6, 6.07) is 40.3. The molecule has 1 aliphatic rings. The highest BCUT2D eigenvalue weighted by atomic mass is 32.1. The molecule has 0 aliphatic heterocycles. The monoisotopic (exact) mass is 530 g/mol. The van der Waals surface area contributed by atoms with Crippen molar-refractivity contribution in [2.75, 3.05) is 0 Å². The lowest BCUT2D eigenvalue weighted by molar-refractivity contribution is -0.659. The van der Waals surface area contributed by atoms with Crippen molar-refractivity contribution in [2.24, 2.45) is 7.05 Å². The van der Waals surface area contributed by atoms with Gasteiger partial charge < -0.3 is 0 Å². The van der Waals surface area contributed by atoms with Gasteiger partial charge in [-0.05, 0) is 69.6 Å². The van der Waals surface area contributed by atoms with Crippen LogP contribution in [0.15, 0.2) is 115 Å². The van der Waals surface area contributed by atoms with Crippen LogP contribution in [0, 0.1) is 13.8 Å². The van der Waals surface area contributed by atoms with E-state index in [9.17, 15) is 0 Å². The van der Waals surface area contributed by atoms with Crippen molar-refractivity contribution in [3.05, 3.63) is 127 Å². The number of pyridine rings is 1. The molecule has 0 fully saturated rings. The first-order valence-electron chi connectivity index (χ1n) is 13.8. The Morgan fingerprint density at radius 3 is 2.05 bits per heavy atom. The van der Waals surface area contributed by atoms with Crippen LogP contribution < -0.4 is 4.57 Å². The summed E-state index contributed by atoms with van der Waals surface area (Å²) in [4.78, 5) is 1.35. The third kappa shape index (κ3) is 3.23. The first-order chi connectivity index (χ1) is 19.6. The summed E-state index contributed by atoms with van der Waals surface area (Å²) in [6.45, 7) is 4.53. The summed E-state index contributed by atoms with van der Waals surface area (Å²) in [5.74, 6) is 0. The van der Waals surface area contributed by atoms with Gasteiger partial charge in [0.25, 0.3) is 0 Å². The fraction of sp³-hybridized carbons (Fsp3) is 0.0789. The normalized spacial score (nSPS) is 11.9. The molecule has 190 valence electrons. The largest absolute Gasteiger partial charge is 0.221 e. The van der Waals surface area contributed by atoms with Gasteiger partial charge in [-0.2, -0.15) is 0 Å². The molecule has 1 nitrogen and oxygen atoms in total. The minimum Gasteiger partial charge on any atom is -0.200 e. The SMILES string of the molecule is Cc1cccc2c1-c1ccccc1-c1ccccc1-c1sc3cc[n+](C)c(-c4ccc5ccccc5c4C)c3c1-2. The maximum atomic E-state index is 2.34. The Labute approximate surface area is 238 Å². The van der Waals surface area contributed by atoms with E-state index in [1.165, 1.54) is 87.1 Å². The van der Waals surface area contributed by atoms with Gasteiger partial charge in [0.15, 0.2) is 6.20 Å². The number of fused-ring (bicyclic) bond motifs is 11. The second kappa shape index (κ2) is 8.74. The van der Waals surface area contributed by atoms with E-state index in [4.69, 9.17) is 0 Å². The van der Waals surface area contributed by atoms with E-state index in [0.717, 1.165) is 0 Å². The van der Waals surface area contributed by atoms with Crippen molar-refractivity contribution in [3.63, 3.8) is 0 Å². The third-order valence-electron chi connectivity index (χ3n) is 8.63. The molecule has 0 amide bonds. The lowest BCUT2D eigenvalue weighted by Gasteiger charge is -2.22. The van der Waals surface area contributed by atoms with Gasteiger partial charge in [0.05, 0.1) is 10.9 Å². The van der Waals surface area contributed by atoms with E-state index in [1.807, 2.05) is 11.3 Å². The average Bonchev–Trinajstić information content (AvgIpc) is 3.36. The zero-order chi connectivity index (χ0) is 27.0. The number of benzene rings is 5. The van der Waals surface area contributed by atoms with Gasteiger partial charge in [-0.3, -0.25) is 0 Å². The van der Waals surface area contributed by atoms with Crippen LogP contribution in [0.4, 0.5) is 0 Å². The van der Waals surface area contributed by atoms with Gasteiger partial charge in [0, 0.05) is 26.8 Å². The molecule has 40 heavy (non-hydrogen) atoms. The summed E-state index contributed by atoms with van der Waals surface area (Å²) in [6.07, 6.45) is 2.23. The third-order valence-corrected chi connectivity index (χ3v) is 9.82. The maximum absolute atomic E-state index is 2.34. The Morgan fingerprint density at radius 2 is 1.23 bits per heavy atom. The van der Waals surface area contributed by atoms with Crippen molar-refractivity contribution in [1.29, 1.82) is 0 Å². The second-order valence-corrected chi connectivity index (χ2v) is 11.9. The summed E-state index contributed by atoms with van der Waals surface area (Å²) in [5.41, 5.74) is 14.4. The molecule has 0 bridgehead atoms. The van der Waals surface area contributed by atoms with Crippen LogP contribution in [0.1, 0.15) is 11.1 Å². The molecule has 2 aromatic heterocycles. The average molecular weight is 531 g/mol. The molecule has 0 spiro atoms. The van der Waals surface area contributed by atoms with E-state index in [0.29, 0.717) is 0 Å². The molecule has 0 N–H and O–H groups in total. The quantitative estimate of drug-likeness (QED) is 0.186. The van der Waals surface area contributed by atoms with Gasteiger partial charge in [0.2, 0.25) is 5.69 Å². The summed E-state index contributed by atoms with van der Waals surface area (Å²) in [7, 11) is 2.19. The number of nitrogens with zero attached hydrogens (tertiary/aromatic N) is 1. The summed E-state index contributed by atoms with van der Waals surface area (Å²) in [5, 5.41) is 3.93. The van der Waals surface area contributed by atoms with E-state index in [-0.39, 0.29) is 0 Å². The number of aromatic nitrogens is 1. The molecule has 0 radical (unpaired) electrons. The number of thiophene rings is 1. The molecular formula is C38H28NS+. The number of hydrogen-bond donors (Lipinski definition) is 0. The highest BCUT2D eigenvalue weighted by Gasteiger charge is 2.30. The zero-order valence-electron chi connectivity index (χ0n) is 22.8. The fourth-order valence-electron chi connectivity index (χ4n) is 6.77. The van der Waals surface area contributed by atoms with Crippen LogP contribution in [0.2, 0.25) is 0 Å². The van der Waals surface area contributed by atoms with Gasteiger partial charge in [-0.15, -0.1) is 11.3 Å². The minimum atomic E-state index is 1.28. The molecule has 2 heterocycles. The van der Waals surface area contributed by atoms with E-state index < -0.39 is 0 Å². The Balaban J connectivity index is 1.58. The Bertz CT molecular complexity index is 2150. The minimum absolute atomic E-state index is 1.28. The van der Waals surface area contributed by atoms with Crippen LogP contribution in [0.3, 0.4) is 0 Å². The van der Waals surface area contributed by atoms with Crippen LogP contribution >= 0.6 is 11.3 Å². The van der Waals surface area contributed by atoms with Crippen LogP contribution in [0.5, 0.6) is 0 Å². The molecule has 2 heteroatoms. The van der Waals surface area contributed by atoms with Crippen LogP contribution in [0.25, 0.3) is 75.9 Å². The fourth-order valence-corrected chi connectivity index (χ4v) is 8.02. The van der Waals surface area contributed by atoms with Crippen molar-refractivity contribution >= 4 is 32.2 Å². The van der Waals surface area contributed by atoms with E-state index >= 15 is 0 Å². The molecule has 0 atom stereocenters. The first-order valence-corrected chi connectivity index (χ1v) is 14.7. The van der Waals surface area contributed by atoms with Gasteiger partial charge >= 0.3 is 0 Å². The van der Waals surface area contributed by atoms with Crippen molar-refractivity contribution in [2.45, 2.75) is 13.8 Å². The van der Waals surface area contributed by atoms with Crippen molar-refractivity contribution < 1.29 is 4.57 Å². The molecule has 0 saturated carbocycles. The maximum Gasteiger partial charge on any atom is 0.221 e. The standard InChI is InChI=1S/C38H28NS/c1-23-11-10-18-32-34(23)30-16-8-6-14-28(30)29-15-7-9-17-31(29)38-35(32)36-33(40-38)21-22-39(3)37(36)27-20-19-25-12-4-5-13-26(25)24(27)2/h4-22H,1-3H3/q+1. The molecule has 8 rings (SSSR count). The molecule has 0 unspecified atom stereocenters. The molecule has 0 saturated heterocycles. The van der Waals surface area contributed by atoms with Gasteiger partial charge in [-0.1, -0.05) is 97.1 Å². The first kappa shape index (κ1) is 23.4. The number of rotatable bonds is 1. The van der Waals surface area contributed by atoms with E-state index in [2.05, 4.69) is 141 Å². The van der Waals surface area contributed by atoms with Gasteiger partial charge in [-0.25, -0.2) is 4.57 Å².